The molecule has 0 spiro atoms. The third-order valence-electron chi connectivity index (χ3n) is 6.36. The van der Waals surface area contributed by atoms with Crippen molar-refractivity contribution in [3.63, 3.8) is 0 Å². The number of aryl methyl sites for hydroxylation is 1. The van der Waals surface area contributed by atoms with Gasteiger partial charge < -0.3 is 10.1 Å². The van der Waals surface area contributed by atoms with Gasteiger partial charge in [0, 0.05) is 17.3 Å². The number of likely N-dealkylation sites (tertiary alicyclic amines) is 1. The van der Waals surface area contributed by atoms with E-state index in [4.69, 9.17) is 4.74 Å². The van der Waals surface area contributed by atoms with Gasteiger partial charge in [-0.05, 0) is 44.1 Å². The van der Waals surface area contributed by atoms with Crippen LogP contribution < -0.4 is 5.32 Å². The SMILES string of the molecule is Cc1ccc(NC(=O)COC(=O)CN2C(=O)[C@@H]3[C@@H]4CC[C@@H](C4)[C@@H]3C2=O)cc1[N+](=O)[O-]. The lowest BCUT2D eigenvalue weighted by atomic mass is 9.81. The monoisotopic (exact) mass is 415 g/mol. The summed E-state index contributed by atoms with van der Waals surface area (Å²) in [5.41, 5.74) is 0.500. The molecule has 1 aromatic carbocycles. The fourth-order valence-corrected chi connectivity index (χ4v) is 5.03. The molecule has 0 unspecified atom stereocenters. The van der Waals surface area contributed by atoms with Crippen molar-refractivity contribution in [1.29, 1.82) is 0 Å². The van der Waals surface area contributed by atoms with Gasteiger partial charge in [0.2, 0.25) is 11.8 Å². The van der Waals surface area contributed by atoms with Gasteiger partial charge in [-0.1, -0.05) is 6.07 Å². The summed E-state index contributed by atoms with van der Waals surface area (Å²) in [5, 5.41) is 13.4. The molecule has 1 N–H and O–H groups in total. The molecule has 10 nitrogen and oxygen atoms in total. The van der Waals surface area contributed by atoms with Crippen LogP contribution in [0, 0.1) is 40.7 Å². The van der Waals surface area contributed by atoms with E-state index < -0.39 is 30.0 Å². The number of carbonyl (C=O) groups is 4. The van der Waals surface area contributed by atoms with E-state index in [9.17, 15) is 29.3 Å². The Balaban J connectivity index is 1.30. The lowest BCUT2D eigenvalue weighted by Gasteiger charge is -2.19. The fraction of sp³-hybridized carbons (Fsp3) is 0.500. The maximum absolute atomic E-state index is 12.6. The highest BCUT2D eigenvalue weighted by Gasteiger charge is 2.61. The Morgan fingerprint density at radius 2 is 1.83 bits per heavy atom. The van der Waals surface area contributed by atoms with Crippen molar-refractivity contribution >= 4 is 35.1 Å². The van der Waals surface area contributed by atoms with Gasteiger partial charge in [0.05, 0.1) is 16.8 Å². The van der Waals surface area contributed by atoms with Crippen molar-refractivity contribution in [2.45, 2.75) is 26.2 Å². The maximum atomic E-state index is 12.6. The molecule has 2 bridgehead atoms. The minimum Gasteiger partial charge on any atom is -0.454 e. The Kier molecular flexibility index (Phi) is 5.00. The summed E-state index contributed by atoms with van der Waals surface area (Å²) in [6, 6.07) is 4.20. The summed E-state index contributed by atoms with van der Waals surface area (Å²) in [6.45, 7) is 0.439. The third kappa shape index (κ3) is 3.42. The van der Waals surface area contributed by atoms with Crippen molar-refractivity contribution in [3.05, 3.63) is 33.9 Å². The van der Waals surface area contributed by atoms with Gasteiger partial charge in [-0.2, -0.15) is 0 Å². The molecule has 4 atom stereocenters. The van der Waals surface area contributed by atoms with Gasteiger partial charge in [0.25, 0.3) is 11.6 Å². The van der Waals surface area contributed by atoms with Crippen LogP contribution in [0.1, 0.15) is 24.8 Å². The quantitative estimate of drug-likeness (QED) is 0.321. The van der Waals surface area contributed by atoms with Crippen LogP contribution in [0.4, 0.5) is 11.4 Å². The Hall–Kier alpha value is -3.30. The van der Waals surface area contributed by atoms with Crippen LogP contribution in [0.5, 0.6) is 0 Å². The number of esters is 1. The summed E-state index contributed by atoms with van der Waals surface area (Å²) in [6.07, 6.45) is 2.80. The van der Waals surface area contributed by atoms with Crippen LogP contribution in [-0.4, -0.2) is 46.7 Å². The summed E-state index contributed by atoms with van der Waals surface area (Å²) in [7, 11) is 0. The summed E-state index contributed by atoms with van der Waals surface area (Å²) in [5.74, 6) is -2.35. The zero-order chi connectivity index (χ0) is 21.6. The van der Waals surface area contributed by atoms with Crippen LogP contribution in [0.3, 0.4) is 0 Å². The summed E-state index contributed by atoms with van der Waals surface area (Å²) in [4.78, 5) is 60.6. The molecule has 1 aromatic rings. The number of fused-ring (bicyclic) bond motifs is 5. The predicted octanol–water partition coefficient (Wildman–Crippen LogP) is 1.42. The van der Waals surface area contributed by atoms with Crippen molar-refractivity contribution in [3.8, 4) is 0 Å². The Bertz CT molecular complexity index is 932. The van der Waals surface area contributed by atoms with Crippen LogP contribution >= 0.6 is 0 Å². The predicted molar refractivity (Wildman–Crippen MR) is 102 cm³/mol. The first kappa shape index (κ1) is 20.0. The smallest absolute Gasteiger partial charge is 0.326 e. The standard InChI is InChI=1S/C20H21N3O7/c1-10-2-5-13(7-14(10)23(28)29)21-15(24)9-30-16(25)8-22-19(26)17-11-3-4-12(6-11)18(17)20(22)27/h2,5,7,11-12,17-18H,3-4,6,8-9H2,1H3,(H,21,24)/t11-,12+,17-,18+. The number of imide groups is 1. The van der Waals surface area contributed by atoms with Crippen LogP contribution in [-0.2, 0) is 23.9 Å². The molecule has 30 heavy (non-hydrogen) atoms. The first-order valence-corrected chi connectivity index (χ1v) is 9.82. The van der Waals surface area contributed by atoms with E-state index in [2.05, 4.69) is 5.32 Å². The van der Waals surface area contributed by atoms with E-state index >= 15 is 0 Å². The molecule has 10 heteroatoms. The van der Waals surface area contributed by atoms with E-state index in [1.165, 1.54) is 18.2 Å². The summed E-state index contributed by atoms with van der Waals surface area (Å²) >= 11 is 0. The van der Waals surface area contributed by atoms with Gasteiger partial charge in [-0.15, -0.1) is 0 Å². The van der Waals surface area contributed by atoms with Gasteiger partial charge in [0.15, 0.2) is 6.61 Å². The van der Waals surface area contributed by atoms with Crippen LogP contribution in [0.25, 0.3) is 0 Å². The molecule has 4 rings (SSSR count). The molecule has 2 saturated carbocycles. The number of hydrogen-bond donors (Lipinski definition) is 1. The molecule has 0 aromatic heterocycles. The van der Waals surface area contributed by atoms with E-state index in [-0.39, 0.29) is 46.9 Å². The van der Waals surface area contributed by atoms with Gasteiger partial charge in [0.1, 0.15) is 6.54 Å². The molecule has 2 aliphatic carbocycles. The third-order valence-corrected chi connectivity index (χ3v) is 6.36. The Labute approximate surface area is 171 Å². The number of hydrogen-bond acceptors (Lipinski definition) is 7. The van der Waals surface area contributed by atoms with Gasteiger partial charge in [-0.25, -0.2) is 0 Å². The number of nitrogens with one attached hydrogen (secondary N) is 1. The molecule has 3 aliphatic rings. The van der Waals surface area contributed by atoms with Crippen LogP contribution in [0.2, 0.25) is 0 Å². The highest BCUT2D eigenvalue weighted by Crippen LogP contribution is 2.56. The molecule has 1 aliphatic heterocycles. The summed E-state index contributed by atoms with van der Waals surface area (Å²) < 4.78 is 4.90. The highest BCUT2D eigenvalue weighted by atomic mass is 16.6. The van der Waals surface area contributed by atoms with Crippen molar-refractivity contribution in [1.82, 2.24) is 4.90 Å². The minimum absolute atomic E-state index is 0.143. The van der Waals surface area contributed by atoms with Crippen molar-refractivity contribution in [2.75, 3.05) is 18.5 Å². The van der Waals surface area contributed by atoms with E-state index in [0.717, 1.165) is 24.2 Å². The van der Waals surface area contributed by atoms with Gasteiger partial charge in [-0.3, -0.25) is 34.2 Å². The second-order valence-corrected chi connectivity index (χ2v) is 8.11. The number of carbonyl (C=O) groups excluding carboxylic acids is 4. The van der Waals surface area contributed by atoms with Crippen molar-refractivity contribution < 1.29 is 28.8 Å². The Morgan fingerprint density at radius 1 is 1.20 bits per heavy atom. The van der Waals surface area contributed by atoms with Crippen molar-refractivity contribution in [2.24, 2.45) is 23.7 Å². The minimum atomic E-state index is -0.853. The maximum Gasteiger partial charge on any atom is 0.326 e. The lowest BCUT2D eigenvalue weighted by Crippen LogP contribution is -2.38. The number of amides is 3. The average Bonchev–Trinajstić information content (AvgIpc) is 3.38. The molecule has 3 amide bonds. The number of rotatable bonds is 6. The zero-order valence-electron chi connectivity index (χ0n) is 16.3. The van der Waals surface area contributed by atoms with E-state index in [0.29, 0.717) is 5.56 Å². The highest BCUT2D eigenvalue weighted by molar-refractivity contribution is 6.08. The number of nitro benzene ring substituents is 1. The number of anilines is 1. The van der Waals surface area contributed by atoms with Crippen LogP contribution in [0.15, 0.2) is 18.2 Å². The second kappa shape index (κ2) is 7.51. The molecule has 3 fully saturated rings. The number of nitrogens with zero attached hydrogens (tertiary/aromatic N) is 2. The topological polar surface area (TPSA) is 136 Å². The Morgan fingerprint density at radius 3 is 2.43 bits per heavy atom. The van der Waals surface area contributed by atoms with E-state index in [1.807, 2.05) is 0 Å². The zero-order valence-corrected chi connectivity index (χ0v) is 16.3. The number of ether oxygens (including phenoxy) is 1. The second-order valence-electron chi connectivity index (χ2n) is 8.11. The largest absolute Gasteiger partial charge is 0.454 e. The first-order valence-electron chi connectivity index (χ1n) is 9.82. The normalized spacial score (nSPS) is 26.6. The molecule has 1 saturated heterocycles. The number of benzene rings is 1. The molecule has 0 radical (unpaired) electrons. The number of nitro groups is 1. The van der Waals surface area contributed by atoms with E-state index in [1.54, 1.807) is 6.92 Å². The average molecular weight is 415 g/mol. The fourth-order valence-electron chi connectivity index (χ4n) is 5.03. The van der Waals surface area contributed by atoms with Gasteiger partial charge >= 0.3 is 5.97 Å². The molecule has 158 valence electrons. The molecular weight excluding hydrogens is 394 g/mol. The molecule has 1 heterocycles. The lowest BCUT2D eigenvalue weighted by molar-refractivity contribution is -0.385. The first-order chi connectivity index (χ1) is 14.3. The molecular formula is C20H21N3O7.